The van der Waals surface area contributed by atoms with Gasteiger partial charge in [0.05, 0.1) is 12.1 Å². The van der Waals surface area contributed by atoms with E-state index in [1.165, 1.54) is 0 Å². The van der Waals surface area contributed by atoms with Crippen molar-refractivity contribution in [2.75, 3.05) is 6.54 Å². The summed E-state index contributed by atoms with van der Waals surface area (Å²) in [5.41, 5.74) is 1.82. The first-order valence-electron chi connectivity index (χ1n) is 5.94. The molecular weight excluding hydrogens is 212 g/mol. The summed E-state index contributed by atoms with van der Waals surface area (Å²) in [5, 5.41) is 1.14. The zero-order valence-electron chi connectivity index (χ0n) is 9.76. The minimum atomic E-state index is 0.221. The number of hydrogen-bond donors (Lipinski definition) is 0. The summed E-state index contributed by atoms with van der Waals surface area (Å²) < 4.78 is 5.73. The molecule has 3 heteroatoms. The number of rotatable bonds is 2. The molecule has 0 N–H and O–H groups in total. The lowest BCUT2D eigenvalue weighted by Gasteiger charge is -2.08. The molecule has 3 rings (SSSR count). The van der Waals surface area contributed by atoms with Crippen LogP contribution in [0.5, 0.6) is 0 Å². The predicted octanol–water partition coefficient (Wildman–Crippen LogP) is 2.79. The summed E-state index contributed by atoms with van der Waals surface area (Å²) >= 11 is 0. The topological polar surface area (TPSA) is 34.5 Å². The Bertz CT molecular complexity index is 577. The van der Waals surface area contributed by atoms with Gasteiger partial charge < -0.3 is 4.74 Å². The van der Waals surface area contributed by atoms with Crippen LogP contribution in [-0.2, 0) is 4.74 Å². The summed E-state index contributed by atoms with van der Waals surface area (Å²) in [5.74, 6) is 0.683. The molecular formula is C14H14N2O. The number of aromatic nitrogens is 1. The third kappa shape index (κ3) is 1.88. The SMILES string of the molecule is CCC1CN=C(c2ccc3ccccc3n2)O1. The Balaban J connectivity index is 1.96. The van der Waals surface area contributed by atoms with Crippen molar-refractivity contribution in [1.82, 2.24) is 4.98 Å². The lowest BCUT2D eigenvalue weighted by atomic mass is 10.2. The second-order valence-electron chi connectivity index (χ2n) is 4.18. The van der Waals surface area contributed by atoms with E-state index in [1.54, 1.807) is 0 Å². The first-order valence-corrected chi connectivity index (χ1v) is 5.94. The van der Waals surface area contributed by atoms with Gasteiger partial charge in [0, 0.05) is 5.39 Å². The molecule has 3 nitrogen and oxygen atoms in total. The number of benzene rings is 1. The fourth-order valence-electron chi connectivity index (χ4n) is 1.96. The molecule has 2 heterocycles. The maximum Gasteiger partial charge on any atom is 0.235 e. The minimum Gasteiger partial charge on any atom is -0.471 e. The Morgan fingerprint density at radius 3 is 2.94 bits per heavy atom. The molecule has 0 fully saturated rings. The Hall–Kier alpha value is -1.90. The van der Waals surface area contributed by atoms with Crippen LogP contribution in [-0.4, -0.2) is 23.5 Å². The van der Waals surface area contributed by atoms with E-state index in [-0.39, 0.29) is 6.10 Å². The molecule has 0 radical (unpaired) electrons. The van der Waals surface area contributed by atoms with Gasteiger partial charge in [-0.3, -0.25) is 0 Å². The maximum absolute atomic E-state index is 5.73. The first kappa shape index (κ1) is 10.3. The predicted molar refractivity (Wildman–Crippen MR) is 68.3 cm³/mol. The number of fused-ring (bicyclic) bond motifs is 1. The fraction of sp³-hybridized carbons (Fsp3) is 0.286. The molecule has 0 amide bonds. The lowest BCUT2D eigenvalue weighted by Crippen LogP contribution is -2.12. The number of nitrogens with zero attached hydrogens (tertiary/aromatic N) is 2. The first-order chi connectivity index (χ1) is 8.36. The van der Waals surface area contributed by atoms with Gasteiger partial charge in [0.1, 0.15) is 11.8 Å². The number of aliphatic imine (C=N–C) groups is 1. The third-order valence-electron chi connectivity index (χ3n) is 2.99. The quantitative estimate of drug-likeness (QED) is 0.789. The van der Waals surface area contributed by atoms with Crippen LogP contribution in [0.25, 0.3) is 10.9 Å². The van der Waals surface area contributed by atoms with Gasteiger partial charge in [-0.15, -0.1) is 0 Å². The molecule has 0 saturated heterocycles. The zero-order chi connectivity index (χ0) is 11.7. The summed E-state index contributed by atoms with van der Waals surface area (Å²) in [6, 6.07) is 12.1. The zero-order valence-corrected chi connectivity index (χ0v) is 9.76. The van der Waals surface area contributed by atoms with Crippen LogP contribution >= 0.6 is 0 Å². The van der Waals surface area contributed by atoms with Crippen LogP contribution < -0.4 is 0 Å². The van der Waals surface area contributed by atoms with Gasteiger partial charge in [0.15, 0.2) is 0 Å². The van der Waals surface area contributed by atoms with E-state index < -0.39 is 0 Å². The van der Waals surface area contributed by atoms with Crippen LogP contribution in [0.1, 0.15) is 19.0 Å². The highest BCUT2D eigenvalue weighted by atomic mass is 16.5. The standard InChI is InChI=1S/C14H14N2O/c1-2-11-9-15-14(17-11)13-8-7-10-5-3-4-6-12(10)16-13/h3-8,11H,2,9H2,1H3. The van der Waals surface area contributed by atoms with E-state index in [9.17, 15) is 0 Å². The second-order valence-corrected chi connectivity index (χ2v) is 4.18. The van der Waals surface area contributed by atoms with Gasteiger partial charge in [0.25, 0.3) is 0 Å². The second kappa shape index (κ2) is 4.17. The molecule has 0 saturated carbocycles. The van der Waals surface area contributed by atoms with Gasteiger partial charge in [-0.1, -0.05) is 31.2 Å². The van der Waals surface area contributed by atoms with Crippen molar-refractivity contribution in [3.63, 3.8) is 0 Å². The number of pyridine rings is 1. The van der Waals surface area contributed by atoms with Crippen LogP contribution in [0.15, 0.2) is 41.4 Å². The van der Waals surface area contributed by atoms with Crippen molar-refractivity contribution in [1.29, 1.82) is 0 Å². The Kier molecular flexibility index (Phi) is 2.52. The van der Waals surface area contributed by atoms with Gasteiger partial charge in [-0.25, -0.2) is 9.98 Å². The van der Waals surface area contributed by atoms with E-state index in [1.807, 2.05) is 24.3 Å². The Morgan fingerprint density at radius 2 is 2.12 bits per heavy atom. The van der Waals surface area contributed by atoms with E-state index in [0.29, 0.717) is 5.90 Å². The van der Waals surface area contributed by atoms with Gasteiger partial charge in [0.2, 0.25) is 5.90 Å². The molecule has 1 aromatic heterocycles. The van der Waals surface area contributed by atoms with Gasteiger partial charge >= 0.3 is 0 Å². The lowest BCUT2D eigenvalue weighted by molar-refractivity contribution is 0.220. The number of hydrogen-bond acceptors (Lipinski definition) is 3. The van der Waals surface area contributed by atoms with Crippen LogP contribution in [0.3, 0.4) is 0 Å². The van der Waals surface area contributed by atoms with Crippen LogP contribution in [0.4, 0.5) is 0 Å². The number of ether oxygens (including phenoxy) is 1. The van der Waals surface area contributed by atoms with Crippen molar-refractivity contribution in [3.8, 4) is 0 Å². The number of para-hydroxylation sites is 1. The Morgan fingerprint density at radius 1 is 1.24 bits per heavy atom. The molecule has 2 aromatic rings. The average Bonchev–Trinajstić information content (AvgIpc) is 2.87. The molecule has 1 aromatic carbocycles. The largest absolute Gasteiger partial charge is 0.471 e. The van der Waals surface area contributed by atoms with E-state index in [0.717, 1.165) is 29.6 Å². The van der Waals surface area contributed by atoms with Gasteiger partial charge in [-0.05, 0) is 18.6 Å². The highest BCUT2D eigenvalue weighted by Gasteiger charge is 2.20. The highest BCUT2D eigenvalue weighted by molar-refractivity contribution is 5.95. The van der Waals surface area contributed by atoms with E-state index in [2.05, 4.69) is 29.0 Å². The average molecular weight is 226 g/mol. The van der Waals surface area contributed by atoms with Crippen molar-refractivity contribution in [2.24, 2.45) is 4.99 Å². The van der Waals surface area contributed by atoms with E-state index in [4.69, 9.17) is 4.74 Å². The molecule has 1 aliphatic rings. The van der Waals surface area contributed by atoms with Crippen molar-refractivity contribution in [2.45, 2.75) is 19.4 Å². The fourth-order valence-corrected chi connectivity index (χ4v) is 1.96. The molecule has 0 aliphatic carbocycles. The highest BCUT2D eigenvalue weighted by Crippen LogP contribution is 2.16. The van der Waals surface area contributed by atoms with Crippen molar-refractivity contribution >= 4 is 16.8 Å². The van der Waals surface area contributed by atoms with Crippen molar-refractivity contribution < 1.29 is 4.74 Å². The minimum absolute atomic E-state index is 0.221. The molecule has 0 bridgehead atoms. The maximum atomic E-state index is 5.73. The summed E-state index contributed by atoms with van der Waals surface area (Å²) in [6.07, 6.45) is 1.21. The van der Waals surface area contributed by atoms with Crippen molar-refractivity contribution in [3.05, 3.63) is 42.1 Å². The summed E-state index contributed by atoms with van der Waals surface area (Å²) in [4.78, 5) is 8.97. The molecule has 1 atom stereocenters. The summed E-state index contributed by atoms with van der Waals surface area (Å²) in [7, 11) is 0. The van der Waals surface area contributed by atoms with Gasteiger partial charge in [-0.2, -0.15) is 0 Å². The molecule has 17 heavy (non-hydrogen) atoms. The van der Waals surface area contributed by atoms with Crippen LogP contribution in [0, 0.1) is 0 Å². The van der Waals surface area contributed by atoms with E-state index >= 15 is 0 Å². The molecule has 1 aliphatic heterocycles. The monoisotopic (exact) mass is 226 g/mol. The Labute approximate surface area is 100 Å². The molecule has 1 unspecified atom stereocenters. The smallest absolute Gasteiger partial charge is 0.235 e. The molecule has 86 valence electrons. The third-order valence-corrected chi connectivity index (χ3v) is 2.99. The van der Waals surface area contributed by atoms with Crippen LogP contribution in [0.2, 0.25) is 0 Å². The molecule has 0 spiro atoms. The summed E-state index contributed by atoms with van der Waals surface area (Å²) in [6.45, 7) is 2.86. The normalized spacial score (nSPS) is 19.1.